The second kappa shape index (κ2) is 9.95. The Kier molecular flexibility index (Phi) is 7.40. The fourth-order valence-electron chi connectivity index (χ4n) is 6.39. The van der Waals surface area contributed by atoms with Crippen LogP contribution in [0.4, 0.5) is 5.69 Å². The summed E-state index contributed by atoms with van der Waals surface area (Å²) in [5.74, 6) is 1.23. The first-order chi connectivity index (χ1) is 15.6. The summed E-state index contributed by atoms with van der Waals surface area (Å²) in [4.78, 5) is 17.5. The van der Waals surface area contributed by atoms with E-state index in [1.165, 1.54) is 25.7 Å². The predicted octanol–water partition coefficient (Wildman–Crippen LogP) is 5.32. The Morgan fingerprint density at radius 2 is 1.67 bits per heavy atom. The zero-order valence-corrected chi connectivity index (χ0v) is 21.3. The molecule has 5 heteroatoms. The Morgan fingerprint density at radius 3 is 2.27 bits per heavy atom. The minimum atomic E-state index is -0.673. The van der Waals surface area contributed by atoms with Crippen LogP contribution in [-0.2, 0) is 9.53 Å². The number of fused-ring (bicyclic) bond motifs is 1. The van der Waals surface area contributed by atoms with Gasteiger partial charge in [0, 0.05) is 36.8 Å². The highest BCUT2D eigenvalue weighted by molar-refractivity contribution is 5.74. The molecule has 0 bridgehead atoms. The number of likely N-dealkylation sites (tertiary alicyclic amines) is 1. The van der Waals surface area contributed by atoms with Crippen LogP contribution in [-0.4, -0.2) is 53.0 Å². The molecule has 0 spiro atoms. The van der Waals surface area contributed by atoms with Gasteiger partial charge in [-0.2, -0.15) is 0 Å². The first kappa shape index (κ1) is 24.5. The molecule has 0 amide bonds. The van der Waals surface area contributed by atoms with Gasteiger partial charge in [0.2, 0.25) is 0 Å². The lowest BCUT2D eigenvalue weighted by Crippen LogP contribution is -2.51. The van der Waals surface area contributed by atoms with E-state index >= 15 is 0 Å². The lowest BCUT2D eigenvalue weighted by Gasteiger charge is -2.44. The zero-order valence-electron chi connectivity index (χ0n) is 21.3. The maximum absolute atomic E-state index is 12.6. The summed E-state index contributed by atoms with van der Waals surface area (Å²) in [5, 5.41) is 11.4. The van der Waals surface area contributed by atoms with Crippen molar-refractivity contribution < 1.29 is 14.6 Å². The SMILES string of the molecule is CC(C)C1CCC(N2CCC(N3c4ccccc4[C@H](CC(=O)OC(C)(C)C)[C@@H]3O)CC2)CC1. The largest absolute Gasteiger partial charge is 0.460 e. The van der Waals surface area contributed by atoms with Crippen molar-refractivity contribution in [2.24, 2.45) is 11.8 Å². The molecule has 5 nitrogen and oxygen atoms in total. The maximum atomic E-state index is 12.6. The van der Waals surface area contributed by atoms with Crippen molar-refractivity contribution in [3.05, 3.63) is 29.8 Å². The first-order valence-corrected chi connectivity index (χ1v) is 13.1. The van der Waals surface area contributed by atoms with Gasteiger partial charge in [-0.15, -0.1) is 0 Å². The fourth-order valence-corrected chi connectivity index (χ4v) is 6.39. The normalized spacial score (nSPS) is 29.4. The molecular weight excluding hydrogens is 412 g/mol. The van der Waals surface area contributed by atoms with Crippen LogP contribution in [0.5, 0.6) is 0 Å². The number of carbonyl (C=O) groups is 1. The van der Waals surface area contributed by atoms with E-state index < -0.39 is 11.8 Å². The minimum Gasteiger partial charge on any atom is -0.460 e. The molecule has 1 saturated carbocycles. The topological polar surface area (TPSA) is 53.0 Å². The number of hydrogen-bond acceptors (Lipinski definition) is 5. The quantitative estimate of drug-likeness (QED) is 0.608. The highest BCUT2D eigenvalue weighted by Gasteiger charge is 2.43. The first-order valence-electron chi connectivity index (χ1n) is 13.1. The van der Waals surface area contributed by atoms with Crippen molar-refractivity contribution in [1.29, 1.82) is 0 Å². The number of aliphatic hydroxyl groups is 1. The Hall–Kier alpha value is -1.59. The van der Waals surface area contributed by atoms with Crippen LogP contribution in [0.25, 0.3) is 0 Å². The molecule has 0 aromatic heterocycles. The molecule has 4 rings (SSSR count). The van der Waals surface area contributed by atoms with Gasteiger partial charge in [0.05, 0.1) is 6.42 Å². The van der Waals surface area contributed by atoms with Crippen molar-refractivity contribution in [2.45, 2.75) is 109 Å². The zero-order chi connectivity index (χ0) is 23.8. The smallest absolute Gasteiger partial charge is 0.307 e. The molecule has 2 heterocycles. The van der Waals surface area contributed by atoms with E-state index in [-0.39, 0.29) is 18.3 Å². The van der Waals surface area contributed by atoms with Crippen LogP contribution >= 0.6 is 0 Å². The van der Waals surface area contributed by atoms with Gasteiger partial charge in [-0.3, -0.25) is 4.79 Å². The van der Waals surface area contributed by atoms with Crippen LogP contribution in [0, 0.1) is 11.8 Å². The van der Waals surface area contributed by atoms with Gasteiger partial charge in [-0.1, -0.05) is 32.0 Å². The van der Waals surface area contributed by atoms with Crippen molar-refractivity contribution in [3.8, 4) is 0 Å². The third-order valence-electron chi connectivity index (χ3n) is 8.16. The molecule has 0 unspecified atom stereocenters. The number of anilines is 1. The van der Waals surface area contributed by atoms with Gasteiger partial charge in [0.15, 0.2) is 0 Å². The molecule has 2 fully saturated rings. The third-order valence-corrected chi connectivity index (χ3v) is 8.16. The second-order valence-corrected chi connectivity index (χ2v) is 11.9. The van der Waals surface area contributed by atoms with Crippen LogP contribution in [0.15, 0.2) is 24.3 Å². The molecule has 2 aliphatic heterocycles. The monoisotopic (exact) mass is 456 g/mol. The second-order valence-electron chi connectivity index (χ2n) is 11.9. The molecule has 1 N–H and O–H groups in total. The standard InChI is InChI=1S/C28H44N2O3/c1-19(2)20-10-12-21(13-11-20)29-16-14-22(15-17-29)30-25-9-7-6-8-23(25)24(27(30)32)18-26(31)33-28(3,4)5/h6-9,19-22,24,27,32H,10-18H2,1-5H3/t20?,21?,24-,27-/m0/s1. The number of nitrogens with zero attached hydrogens (tertiary/aromatic N) is 2. The van der Waals surface area contributed by atoms with Crippen molar-refractivity contribution in [3.63, 3.8) is 0 Å². The molecular formula is C28H44N2O3. The molecule has 1 saturated heterocycles. The summed E-state index contributed by atoms with van der Waals surface area (Å²) in [7, 11) is 0. The van der Waals surface area contributed by atoms with Gasteiger partial charge in [0.1, 0.15) is 11.8 Å². The lowest BCUT2D eigenvalue weighted by atomic mass is 9.79. The summed E-state index contributed by atoms with van der Waals surface area (Å²) in [5.41, 5.74) is 1.65. The highest BCUT2D eigenvalue weighted by Crippen LogP contribution is 2.45. The number of piperidine rings is 1. The van der Waals surface area contributed by atoms with Gasteiger partial charge in [-0.25, -0.2) is 0 Å². The number of ether oxygens (including phenoxy) is 1. The summed E-state index contributed by atoms with van der Waals surface area (Å²) < 4.78 is 5.57. The number of para-hydroxylation sites is 1. The Morgan fingerprint density at radius 1 is 1.03 bits per heavy atom. The molecule has 33 heavy (non-hydrogen) atoms. The van der Waals surface area contributed by atoms with Crippen LogP contribution in [0.3, 0.4) is 0 Å². The number of hydrogen-bond donors (Lipinski definition) is 1. The fraction of sp³-hybridized carbons (Fsp3) is 0.750. The number of aliphatic hydroxyl groups excluding tert-OH is 1. The summed E-state index contributed by atoms with van der Waals surface area (Å²) in [6.07, 6.45) is 7.07. The van der Waals surface area contributed by atoms with Gasteiger partial charge >= 0.3 is 5.97 Å². The Bertz CT molecular complexity index is 802. The van der Waals surface area contributed by atoms with Crippen molar-refractivity contribution in [2.75, 3.05) is 18.0 Å². The average molecular weight is 457 g/mol. The molecule has 0 radical (unpaired) electrons. The summed E-state index contributed by atoms with van der Waals surface area (Å²) >= 11 is 0. The van der Waals surface area contributed by atoms with E-state index in [0.29, 0.717) is 6.04 Å². The Labute approximate surface area is 200 Å². The van der Waals surface area contributed by atoms with Crippen LogP contribution in [0.1, 0.15) is 91.0 Å². The third kappa shape index (κ3) is 5.57. The predicted molar refractivity (Wildman–Crippen MR) is 133 cm³/mol. The highest BCUT2D eigenvalue weighted by atomic mass is 16.6. The number of carbonyl (C=O) groups excluding carboxylic acids is 1. The molecule has 184 valence electrons. The summed E-state index contributed by atoms with van der Waals surface area (Å²) in [6.45, 7) is 12.6. The number of rotatable bonds is 5. The molecule has 1 aromatic rings. The average Bonchev–Trinajstić information content (AvgIpc) is 3.04. The van der Waals surface area contributed by atoms with E-state index in [4.69, 9.17) is 4.74 Å². The Balaban J connectivity index is 1.39. The van der Waals surface area contributed by atoms with E-state index in [1.54, 1.807) is 0 Å². The van der Waals surface area contributed by atoms with Crippen LogP contribution in [0.2, 0.25) is 0 Å². The van der Waals surface area contributed by atoms with Gasteiger partial charge in [-0.05, 0) is 82.8 Å². The van der Waals surface area contributed by atoms with E-state index in [1.807, 2.05) is 32.9 Å². The van der Waals surface area contributed by atoms with E-state index in [9.17, 15) is 9.90 Å². The lowest BCUT2D eigenvalue weighted by molar-refractivity contribution is -0.155. The number of benzene rings is 1. The van der Waals surface area contributed by atoms with Gasteiger partial charge < -0.3 is 19.6 Å². The molecule has 2 atom stereocenters. The minimum absolute atomic E-state index is 0.212. The molecule has 3 aliphatic rings. The van der Waals surface area contributed by atoms with Crippen molar-refractivity contribution in [1.82, 2.24) is 4.90 Å². The van der Waals surface area contributed by atoms with Crippen molar-refractivity contribution >= 4 is 11.7 Å². The maximum Gasteiger partial charge on any atom is 0.307 e. The van der Waals surface area contributed by atoms with E-state index in [2.05, 4.69) is 35.8 Å². The molecule has 1 aliphatic carbocycles. The van der Waals surface area contributed by atoms with E-state index in [0.717, 1.165) is 55.1 Å². The number of esters is 1. The van der Waals surface area contributed by atoms with Crippen LogP contribution < -0.4 is 4.90 Å². The molecule has 1 aromatic carbocycles. The summed E-state index contributed by atoms with van der Waals surface area (Å²) in [6, 6.07) is 9.26. The van der Waals surface area contributed by atoms with Gasteiger partial charge in [0.25, 0.3) is 0 Å².